The molecule has 1 saturated carbocycles. The summed E-state index contributed by atoms with van der Waals surface area (Å²) in [4.78, 5) is 4.24. The second-order valence-corrected chi connectivity index (χ2v) is 5.06. The third-order valence-corrected chi connectivity index (χ3v) is 3.73. The summed E-state index contributed by atoms with van der Waals surface area (Å²) in [5, 5.41) is 12.5. The first kappa shape index (κ1) is 12.7. The maximum absolute atomic E-state index is 9.08. The number of nitrogens with two attached hydrogens (primary N) is 1. The highest BCUT2D eigenvalue weighted by Crippen LogP contribution is 2.29. The smallest absolute Gasteiger partial charge is 0.144 e. The van der Waals surface area contributed by atoms with E-state index in [0.29, 0.717) is 23.1 Å². The van der Waals surface area contributed by atoms with E-state index in [0.717, 1.165) is 12.3 Å². The van der Waals surface area contributed by atoms with E-state index in [1.165, 1.54) is 25.7 Å². The quantitative estimate of drug-likeness (QED) is 0.857. The molecule has 1 heterocycles. The summed E-state index contributed by atoms with van der Waals surface area (Å²) < 4.78 is 0. The Hall–Kier alpha value is -1.76. The van der Waals surface area contributed by atoms with Crippen LogP contribution in [0.5, 0.6) is 0 Å². The molecule has 3 N–H and O–H groups in total. The lowest BCUT2D eigenvalue weighted by molar-refractivity contribution is 0.327. The molecule has 1 aliphatic carbocycles. The summed E-state index contributed by atoms with van der Waals surface area (Å²) in [5.74, 6) is 1.48. The standard InChI is InChI=1S/C14H20N4/c1-2-10-4-3-5-13(6-10)18-14-11(8-15)7-12(16)9-17-14/h7,9-10,13H,2-6,16H2,1H3,(H,17,18). The van der Waals surface area contributed by atoms with Gasteiger partial charge in [-0.2, -0.15) is 5.26 Å². The molecule has 0 radical (unpaired) electrons. The number of nitrogens with one attached hydrogen (secondary N) is 1. The lowest BCUT2D eigenvalue weighted by Crippen LogP contribution is -2.27. The normalized spacial score (nSPS) is 23.3. The summed E-state index contributed by atoms with van der Waals surface area (Å²) in [7, 11) is 0. The van der Waals surface area contributed by atoms with Crippen molar-refractivity contribution in [2.45, 2.75) is 45.1 Å². The van der Waals surface area contributed by atoms with Crippen molar-refractivity contribution >= 4 is 11.5 Å². The summed E-state index contributed by atoms with van der Waals surface area (Å²) in [5.41, 5.74) is 6.71. The third kappa shape index (κ3) is 2.92. The molecule has 0 saturated heterocycles. The highest BCUT2D eigenvalue weighted by atomic mass is 15.0. The fourth-order valence-electron chi connectivity index (χ4n) is 2.67. The fourth-order valence-corrected chi connectivity index (χ4v) is 2.67. The molecule has 0 bridgehead atoms. The molecule has 2 rings (SSSR count). The van der Waals surface area contributed by atoms with Crippen molar-refractivity contribution in [1.29, 1.82) is 5.26 Å². The lowest BCUT2D eigenvalue weighted by Gasteiger charge is -2.29. The van der Waals surface area contributed by atoms with Gasteiger partial charge in [-0.15, -0.1) is 0 Å². The second-order valence-electron chi connectivity index (χ2n) is 5.06. The van der Waals surface area contributed by atoms with Gasteiger partial charge in [0.25, 0.3) is 0 Å². The fraction of sp³-hybridized carbons (Fsp3) is 0.571. The molecule has 4 nitrogen and oxygen atoms in total. The minimum atomic E-state index is 0.437. The highest BCUT2D eigenvalue weighted by molar-refractivity contribution is 5.57. The van der Waals surface area contributed by atoms with Gasteiger partial charge >= 0.3 is 0 Å². The van der Waals surface area contributed by atoms with Crippen LogP contribution in [0.2, 0.25) is 0 Å². The van der Waals surface area contributed by atoms with Gasteiger partial charge in [0.05, 0.1) is 17.4 Å². The molecule has 1 fully saturated rings. The topological polar surface area (TPSA) is 74.7 Å². The average molecular weight is 244 g/mol. The van der Waals surface area contributed by atoms with Gasteiger partial charge in [0.1, 0.15) is 11.9 Å². The van der Waals surface area contributed by atoms with E-state index < -0.39 is 0 Å². The van der Waals surface area contributed by atoms with Gasteiger partial charge in [0, 0.05) is 6.04 Å². The van der Waals surface area contributed by atoms with Gasteiger partial charge in [-0.25, -0.2) is 4.98 Å². The van der Waals surface area contributed by atoms with Gasteiger partial charge < -0.3 is 11.1 Å². The van der Waals surface area contributed by atoms with Crippen molar-refractivity contribution in [3.8, 4) is 6.07 Å². The van der Waals surface area contributed by atoms with Crippen LogP contribution in [-0.4, -0.2) is 11.0 Å². The predicted molar refractivity (Wildman–Crippen MR) is 73.0 cm³/mol. The Labute approximate surface area is 108 Å². The minimum absolute atomic E-state index is 0.437. The van der Waals surface area contributed by atoms with E-state index in [1.807, 2.05) is 0 Å². The van der Waals surface area contributed by atoms with Gasteiger partial charge in [0.2, 0.25) is 0 Å². The molecule has 1 aromatic rings. The Morgan fingerprint density at radius 2 is 2.39 bits per heavy atom. The van der Waals surface area contributed by atoms with Crippen LogP contribution in [0.1, 0.15) is 44.6 Å². The third-order valence-electron chi connectivity index (χ3n) is 3.73. The Morgan fingerprint density at radius 1 is 1.56 bits per heavy atom. The van der Waals surface area contributed by atoms with Gasteiger partial charge in [-0.1, -0.05) is 26.2 Å². The number of hydrogen-bond donors (Lipinski definition) is 2. The lowest BCUT2D eigenvalue weighted by atomic mass is 9.84. The summed E-state index contributed by atoms with van der Waals surface area (Å²) in [6.45, 7) is 2.25. The van der Waals surface area contributed by atoms with E-state index >= 15 is 0 Å². The molecule has 1 aromatic heterocycles. The Balaban J connectivity index is 2.07. The Morgan fingerprint density at radius 3 is 3.11 bits per heavy atom. The van der Waals surface area contributed by atoms with Gasteiger partial charge in [0.15, 0.2) is 0 Å². The monoisotopic (exact) mass is 244 g/mol. The zero-order valence-corrected chi connectivity index (χ0v) is 10.8. The minimum Gasteiger partial charge on any atom is -0.397 e. The highest BCUT2D eigenvalue weighted by Gasteiger charge is 2.21. The van der Waals surface area contributed by atoms with Crippen LogP contribution in [0.4, 0.5) is 11.5 Å². The first-order valence-electron chi connectivity index (χ1n) is 6.65. The van der Waals surface area contributed by atoms with Crippen molar-refractivity contribution < 1.29 is 0 Å². The van der Waals surface area contributed by atoms with Crippen LogP contribution in [0.3, 0.4) is 0 Å². The van der Waals surface area contributed by atoms with Crippen LogP contribution in [0.25, 0.3) is 0 Å². The first-order chi connectivity index (χ1) is 8.72. The van der Waals surface area contributed by atoms with E-state index in [9.17, 15) is 0 Å². The summed E-state index contributed by atoms with van der Waals surface area (Å²) in [6, 6.07) is 4.26. The van der Waals surface area contributed by atoms with Crippen molar-refractivity contribution in [2.24, 2.45) is 5.92 Å². The number of nitrogens with zero attached hydrogens (tertiary/aromatic N) is 2. The Kier molecular flexibility index (Phi) is 4.03. The molecule has 2 unspecified atom stereocenters. The summed E-state index contributed by atoms with van der Waals surface area (Å²) in [6.07, 6.45) is 7.75. The second kappa shape index (κ2) is 5.72. The zero-order valence-electron chi connectivity index (χ0n) is 10.8. The molecule has 2 atom stereocenters. The number of nitriles is 1. The van der Waals surface area contributed by atoms with Crippen LogP contribution < -0.4 is 11.1 Å². The van der Waals surface area contributed by atoms with Crippen molar-refractivity contribution in [3.05, 3.63) is 17.8 Å². The van der Waals surface area contributed by atoms with Crippen molar-refractivity contribution in [3.63, 3.8) is 0 Å². The number of nitrogen functional groups attached to an aromatic ring is 1. The van der Waals surface area contributed by atoms with Crippen molar-refractivity contribution in [1.82, 2.24) is 4.98 Å². The molecule has 18 heavy (non-hydrogen) atoms. The maximum Gasteiger partial charge on any atom is 0.144 e. The summed E-state index contributed by atoms with van der Waals surface area (Å²) >= 11 is 0. The Bertz CT molecular complexity index is 450. The first-order valence-corrected chi connectivity index (χ1v) is 6.65. The van der Waals surface area contributed by atoms with E-state index in [2.05, 4.69) is 23.3 Å². The van der Waals surface area contributed by atoms with Crippen molar-refractivity contribution in [2.75, 3.05) is 11.1 Å². The predicted octanol–water partition coefficient (Wildman–Crippen LogP) is 2.92. The number of rotatable bonds is 3. The molecule has 0 amide bonds. The van der Waals surface area contributed by atoms with E-state index in [-0.39, 0.29) is 0 Å². The van der Waals surface area contributed by atoms with Gasteiger partial charge in [-0.05, 0) is 24.8 Å². The number of aromatic nitrogens is 1. The average Bonchev–Trinajstić information content (AvgIpc) is 2.41. The van der Waals surface area contributed by atoms with Crippen LogP contribution in [0.15, 0.2) is 12.3 Å². The largest absolute Gasteiger partial charge is 0.397 e. The molecule has 0 spiro atoms. The molecule has 1 aliphatic rings. The zero-order chi connectivity index (χ0) is 13.0. The van der Waals surface area contributed by atoms with Crippen LogP contribution in [0, 0.1) is 17.2 Å². The molecule has 0 aliphatic heterocycles. The van der Waals surface area contributed by atoms with Crippen LogP contribution >= 0.6 is 0 Å². The maximum atomic E-state index is 9.08. The SMILES string of the molecule is CCC1CCCC(Nc2ncc(N)cc2C#N)C1. The van der Waals surface area contributed by atoms with E-state index in [1.54, 1.807) is 12.3 Å². The van der Waals surface area contributed by atoms with E-state index in [4.69, 9.17) is 11.0 Å². The molecule has 0 aromatic carbocycles. The van der Waals surface area contributed by atoms with Crippen LogP contribution in [-0.2, 0) is 0 Å². The molecule has 96 valence electrons. The molecular weight excluding hydrogens is 224 g/mol. The number of pyridine rings is 1. The number of hydrogen-bond acceptors (Lipinski definition) is 4. The molecular formula is C14H20N4. The van der Waals surface area contributed by atoms with Gasteiger partial charge in [-0.3, -0.25) is 0 Å². The molecule has 4 heteroatoms. The number of anilines is 2.